The number of ether oxygens (including phenoxy) is 1. The molecule has 2 aromatic rings. The van der Waals surface area contributed by atoms with Gasteiger partial charge in [0.2, 0.25) is 5.91 Å². The summed E-state index contributed by atoms with van der Waals surface area (Å²) in [4.78, 5) is 24.7. The lowest BCUT2D eigenvalue weighted by Crippen LogP contribution is -2.42. The number of amides is 1. The summed E-state index contributed by atoms with van der Waals surface area (Å²) in [5.41, 5.74) is 2.77. The zero-order valence-electron chi connectivity index (χ0n) is 16.1. The van der Waals surface area contributed by atoms with Gasteiger partial charge in [0.05, 0.1) is 23.7 Å². The number of carbonyl (C=O) groups excluding carboxylic acids is 2. The first-order valence-electron chi connectivity index (χ1n) is 9.70. The molecule has 1 saturated carbocycles. The van der Waals surface area contributed by atoms with E-state index >= 15 is 0 Å². The molecule has 148 valence electrons. The third-order valence-electron chi connectivity index (χ3n) is 6.04. The number of aryl methyl sites for hydroxylation is 1. The average molecular weight is 385 g/mol. The molecule has 1 saturated heterocycles. The van der Waals surface area contributed by atoms with E-state index in [0.717, 1.165) is 48.3 Å². The largest absolute Gasteiger partial charge is 0.458 e. The predicted octanol–water partition coefficient (Wildman–Crippen LogP) is 3.12. The highest BCUT2D eigenvalue weighted by Crippen LogP contribution is 2.45. The van der Waals surface area contributed by atoms with Crippen LogP contribution in [0.2, 0.25) is 0 Å². The highest BCUT2D eigenvalue weighted by Gasteiger charge is 2.53. The molecular weight excluding hydrogens is 361 g/mol. The minimum Gasteiger partial charge on any atom is -0.458 e. The molecule has 0 bridgehead atoms. The Hall–Kier alpha value is -2.70. The van der Waals surface area contributed by atoms with Crippen molar-refractivity contribution in [2.75, 3.05) is 0 Å². The maximum atomic E-state index is 13.2. The number of esters is 1. The van der Waals surface area contributed by atoms with Crippen LogP contribution in [0.1, 0.15) is 49.1 Å². The standard InChI is InChI=1S/C21H24FN3O3/c1-13-17(14(2)25(24-13)16-7-5-15(22)6-8-16)12-23-20(27)18-11-19(26)28-21(18)9-3-4-10-21/h5-8,18H,3-4,9-12H2,1-2H3,(H,23,27)/t18-/m1/s1. The van der Waals surface area contributed by atoms with E-state index in [-0.39, 0.29) is 24.1 Å². The van der Waals surface area contributed by atoms with Gasteiger partial charge in [0.1, 0.15) is 11.4 Å². The number of benzene rings is 1. The van der Waals surface area contributed by atoms with E-state index in [0.29, 0.717) is 6.54 Å². The van der Waals surface area contributed by atoms with Gasteiger partial charge in [0.25, 0.3) is 0 Å². The fourth-order valence-corrected chi connectivity index (χ4v) is 4.51. The Labute approximate surface area is 163 Å². The second-order valence-corrected chi connectivity index (χ2v) is 7.76. The molecule has 1 aromatic carbocycles. The molecule has 2 heterocycles. The van der Waals surface area contributed by atoms with Gasteiger partial charge in [-0.1, -0.05) is 0 Å². The van der Waals surface area contributed by atoms with E-state index in [2.05, 4.69) is 10.4 Å². The van der Waals surface area contributed by atoms with Gasteiger partial charge in [-0.3, -0.25) is 9.59 Å². The lowest BCUT2D eigenvalue weighted by molar-refractivity contribution is -0.149. The summed E-state index contributed by atoms with van der Waals surface area (Å²) < 4.78 is 20.5. The zero-order chi connectivity index (χ0) is 19.9. The van der Waals surface area contributed by atoms with Crippen LogP contribution in [0.3, 0.4) is 0 Å². The molecule has 7 heteroatoms. The number of hydrogen-bond donors (Lipinski definition) is 1. The molecular formula is C21H24FN3O3. The summed E-state index contributed by atoms with van der Waals surface area (Å²) in [7, 11) is 0. The molecule has 1 N–H and O–H groups in total. The smallest absolute Gasteiger partial charge is 0.307 e. The van der Waals surface area contributed by atoms with Crippen LogP contribution in [0.25, 0.3) is 5.69 Å². The number of nitrogens with one attached hydrogen (secondary N) is 1. The van der Waals surface area contributed by atoms with Crippen molar-refractivity contribution < 1.29 is 18.7 Å². The summed E-state index contributed by atoms with van der Waals surface area (Å²) in [6.07, 6.45) is 3.65. The van der Waals surface area contributed by atoms with Gasteiger partial charge in [0, 0.05) is 17.8 Å². The normalized spacial score (nSPS) is 20.5. The van der Waals surface area contributed by atoms with Crippen LogP contribution in [0, 0.1) is 25.6 Å². The van der Waals surface area contributed by atoms with Crippen LogP contribution in [0.5, 0.6) is 0 Å². The van der Waals surface area contributed by atoms with Crippen molar-refractivity contribution in [3.8, 4) is 5.69 Å². The van der Waals surface area contributed by atoms with Crippen LogP contribution in [0.15, 0.2) is 24.3 Å². The van der Waals surface area contributed by atoms with Crippen molar-refractivity contribution in [2.24, 2.45) is 5.92 Å². The maximum absolute atomic E-state index is 13.2. The van der Waals surface area contributed by atoms with Crippen molar-refractivity contribution in [3.05, 3.63) is 47.0 Å². The first-order chi connectivity index (χ1) is 13.4. The minimum absolute atomic E-state index is 0.138. The SMILES string of the molecule is Cc1nn(-c2ccc(F)cc2)c(C)c1CNC(=O)[C@H]1CC(=O)OC12CCCC2. The van der Waals surface area contributed by atoms with Gasteiger partial charge in [0.15, 0.2) is 0 Å². The Morgan fingerprint density at radius 2 is 1.96 bits per heavy atom. The molecule has 1 spiro atoms. The second-order valence-electron chi connectivity index (χ2n) is 7.76. The van der Waals surface area contributed by atoms with E-state index < -0.39 is 11.5 Å². The van der Waals surface area contributed by atoms with Gasteiger partial charge in [-0.05, 0) is 63.8 Å². The molecule has 0 unspecified atom stereocenters. The number of hydrogen-bond acceptors (Lipinski definition) is 4. The molecule has 2 fully saturated rings. The van der Waals surface area contributed by atoms with Crippen molar-refractivity contribution >= 4 is 11.9 Å². The van der Waals surface area contributed by atoms with Gasteiger partial charge >= 0.3 is 5.97 Å². The van der Waals surface area contributed by atoms with Crippen LogP contribution in [-0.4, -0.2) is 27.3 Å². The molecule has 28 heavy (non-hydrogen) atoms. The third kappa shape index (κ3) is 3.19. The van der Waals surface area contributed by atoms with E-state index in [1.807, 2.05) is 13.8 Å². The second kappa shape index (κ2) is 7.04. The summed E-state index contributed by atoms with van der Waals surface area (Å²) in [5.74, 6) is -1.14. The van der Waals surface area contributed by atoms with Gasteiger partial charge < -0.3 is 10.1 Å². The lowest BCUT2D eigenvalue weighted by atomic mass is 9.85. The average Bonchev–Trinajstić information content (AvgIpc) is 3.34. The van der Waals surface area contributed by atoms with Crippen molar-refractivity contribution in [3.63, 3.8) is 0 Å². The summed E-state index contributed by atoms with van der Waals surface area (Å²) in [6, 6.07) is 6.13. The molecule has 1 amide bonds. The van der Waals surface area contributed by atoms with Gasteiger partial charge in [-0.25, -0.2) is 9.07 Å². The fraction of sp³-hybridized carbons (Fsp3) is 0.476. The topological polar surface area (TPSA) is 73.2 Å². The molecule has 1 aliphatic carbocycles. The minimum atomic E-state index is -0.608. The Kier molecular flexibility index (Phi) is 4.69. The van der Waals surface area contributed by atoms with Crippen LogP contribution < -0.4 is 5.32 Å². The number of rotatable bonds is 4. The van der Waals surface area contributed by atoms with Crippen molar-refractivity contribution in [2.45, 2.75) is 58.1 Å². The Morgan fingerprint density at radius 1 is 1.29 bits per heavy atom. The maximum Gasteiger partial charge on any atom is 0.307 e. The zero-order valence-corrected chi connectivity index (χ0v) is 16.1. The molecule has 1 aromatic heterocycles. The van der Waals surface area contributed by atoms with Crippen molar-refractivity contribution in [1.29, 1.82) is 0 Å². The quantitative estimate of drug-likeness (QED) is 0.821. The van der Waals surface area contributed by atoms with E-state index in [4.69, 9.17) is 4.74 Å². The molecule has 6 nitrogen and oxygen atoms in total. The van der Waals surface area contributed by atoms with Gasteiger partial charge in [-0.15, -0.1) is 0 Å². The predicted molar refractivity (Wildman–Crippen MR) is 100 cm³/mol. The first-order valence-corrected chi connectivity index (χ1v) is 9.70. The number of halogens is 1. The Morgan fingerprint density at radius 3 is 2.64 bits per heavy atom. The highest BCUT2D eigenvalue weighted by atomic mass is 19.1. The molecule has 1 atom stereocenters. The van der Waals surface area contributed by atoms with Crippen LogP contribution in [-0.2, 0) is 20.9 Å². The Bertz CT molecular complexity index is 914. The van der Waals surface area contributed by atoms with E-state index in [1.54, 1.807) is 16.8 Å². The van der Waals surface area contributed by atoms with E-state index in [1.165, 1.54) is 12.1 Å². The molecule has 2 aliphatic rings. The van der Waals surface area contributed by atoms with Gasteiger partial charge in [-0.2, -0.15) is 5.10 Å². The number of carbonyl (C=O) groups is 2. The van der Waals surface area contributed by atoms with Crippen LogP contribution >= 0.6 is 0 Å². The molecule has 4 rings (SSSR count). The summed E-state index contributed by atoms with van der Waals surface area (Å²) in [6.45, 7) is 4.14. The first kappa shape index (κ1) is 18.7. The number of nitrogens with zero attached hydrogens (tertiary/aromatic N) is 2. The van der Waals surface area contributed by atoms with Crippen LogP contribution in [0.4, 0.5) is 4.39 Å². The molecule has 1 aliphatic heterocycles. The summed E-state index contributed by atoms with van der Waals surface area (Å²) >= 11 is 0. The molecule has 0 radical (unpaired) electrons. The van der Waals surface area contributed by atoms with Crippen molar-refractivity contribution in [1.82, 2.24) is 15.1 Å². The lowest BCUT2D eigenvalue weighted by Gasteiger charge is -2.27. The van der Waals surface area contributed by atoms with E-state index in [9.17, 15) is 14.0 Å². The third-order valence-corrected chi connectivity index (χ3v) is 6.04. The summed E-state index contributed by atoms with van der Waals surface area (Å²) in [5, 5.41) is 7.52. The Balaban J connectivity index is 1.50. The monoisotopic (exact) mass is 385 g/mol. The number of aromatic nitrogens is 2. The fourth-order valence-electron chi connectivity index (χ4n) is 4.51. The highest BCUT2D eigenvalue weighted by molar-refractivity contribution is 5.88.